The number of nitrogens with two attached hydrogens (primary N) is 1. The van der Waals surface area contributed by atoms with Crippen LogP contribution in [0.15, 0.2) is 22.6 Å². The van der Waals surface area contributed by atoms with E-state index in [2.05, 4.69) is 28.9 Å². The van der Waals surface area contributed by atoms with Gasteiger partial charge in [0.1, 0.15) is 5.52 Å². The van der Waals surface area contributed by atoms with Crippen LogP contribution in [-0.2, 0) is 0 Å². The van der Waals surface area contributed by atoms with E-state index in [1.54, 1.807) is 0 Å². The zero-order valence-corrected chi connectivity index (χ0v) is 12.4. The van der Waals surface area contributed by atoms with Crippen molar-refractivity contribution in [3.8, 4) is 0 Å². The topological polar surface area (TPSA) is 58.5 Å². The Balaban J connectivity index is 1.83. The average Bonchev–Trinajstić information content (AvgIpc) is 2.75. The summed E-state index contributed by atoms with van der Waals surface area (Å²) >= 11 is 0. The summed E-state index contributed by atoms with van der Waals surface area (Å²) in [7, 11) is 6.34. The molecule has 2 N–H and O–H groups in total. The summed E-state index contributed by atoms with van der Waals surface area (Å²) in [5, 5.41) is 0. The van der Waals surface area contributed by atoms with Crippen molar-refractivity contribution in [2.24, 2.45) is 0 Å². The van der Waals surface area contributed by atoms with Gasteiger partial charge in [-0.05, 0) is 45.5 Å². The molecule has 1 aliphatic rings. The molecule has 0 bridgehead atoms. The molecule has 5 nitrogen and oxygen atoms in total. The van der Waals surface area contributed by atoms with E-state index in [-0.39, 0.29) is 5.54 Å². The van der Waals surface area contributed by atoms with Gasteiger partial charge in [0, 0.05) is 30.9 Å². The highest BCUT2D eigenvalue weighted by molar-refractivity contribution is 5.78. The molecular formula is C15H22N4O. The van der Waals surface area contributed by atoms with E-state index in [0.717, 1.165) is 17.6 Å². The highest BCUT2D eigenvalue weighted by atomic mass is 16.4. The Kier molecular flexibility index (Phi) is 3.09. The van der Waals surface area contributed by atoms with Crippen LogP contribution in [0.1, 0.15) is 19.3 Å². The summed E-state index contributed by atoms with van der Waals surface area (Å²) < 4.78 is 5.82. The number of hydrogen-bond donors (Lipinski definition) is 1. The Hall–Kier alpha value is -1.75. The van der Waals surface area contributed by atoms with Crippen LogP contribution >= 0.6 is 0 Å². The molecule has 0 saturated heterocycles. The van der Waals surface area contributed by atoms with Crippen molar-refractivity contribution < 1.29 is 4.42 Å². The molecule has 1 aromatic carbocycles. The van der Waals surface area contributed by atoms with Gasteiger partial charge in [-0.25, -0.2) is 0 Å². The van der Waals surface area contributed by atoms with Crippen molar-refractivity contribution in [2.45, 2.75) is 24.8 Å². The Morgan fingerprint density at radius 3 is 2.65 bits per heavy atom. The van der Waals surface area contributed by atoms with Crippen LogP contribution in [0.4, 0.5) is 11.7 Å². The number of aromatic nitrogens is 1. The average molecular weight is 274 g/mol. The van der Waals surface area contributed by atoms with Crippen LogP contribution in [0.2, 0.25) is 0 Å². The second-order valence-electron chi connectivity index (χ2n) is 6.05. The smallest absolute Gasteiger partial charge is 0.298 e. The first kappa shape index (κ1) is 13.2. The molecule has 20 heavy (non-hydrogen) atoms. The number of oxazole rings is 1. The fourth-order valence-electron chi connectivity index (χ4n) is 2.93. The molecule has 1 aliphatic carbocycles. The first-order valence-corrected chi connectivity index (χ1v) is 7.05. The van der Waals surface area contributed by atoms with E-state index < -0.39 is 0 Å². The maximum absolute atomic E-state index is 5.82. The number of rotatable bonds is 4. The number of likely N-dealkylation sites (N-methyl/N-ethyl adjacent to an activating group) is 2. The van der Waals surface area contributed by atoms with Gasteiger partial charge in [0.05, 0.1) is 0 Å². The van der Waals surface area contributed by atoms with Crippen LogP contribution in [0.5, 0.6) is 0 Å². The molecule has 5 heteroatoms. The fourth-order valence-corrected chi connectivity index (χ4v) is 2.93. The molecule has 108 valence electrons. The molecule has 0 radical (unpaired) electrons. The molecule has 0 unspecified atom stereocenters. The van der Waals surface area contributed by atoms with Gasteiger partial charge in [0.2, 0.25) is 0 Å². The number of nitrogen functional groups attached to an aromatic ring is 1. The largest absolute Gasteiger partial charge is 0.423 e. The van der Waals surface area contributed by atoms with E-state index in [9.17, 15) is 0 Å². The summed E-state index contributed by atoms with van der Waals surface area (Å²) in [5.41, 5.74) is 8.34. The zero-order chi connectivity index (χ0) is 14.3. The molecule has 1 fully saturated rings. The lowest BCUT2D eigenvalue weighted by molar-refractivity contribution is 0.0674. The van der Waals surface area contributed by atoms with E-state index in [1.807, 2.05) is 25.2 Å². The fraction of sp³-hybridized carbons (Fsp3) is 0.533. The first-order chi connectivity index (χ1) is 9.50. The van der Waals surface area contributed by atoms with Crippen LogP contribution in [-0.4, -0.2) is 43.1 Å². The normalized spacial score (nSPS) is 17.4. The third-order valence-electron chi connectivity index (χ3n) is 4.49. The minimum absolute atomic E-state index is 0.258. The second kappa shape index (κ2) is 4.66. The van der Waals surface area contributed by atoms with Crippen molar-refractivity contribution in [3.05, 3.63) is 18.2 Å². The minimum atomic E-state index is 0.258. The number of nitrogens with zero attached hydrogens (tertiary/aromatic N) is 3. The van der Waals surface area contributed by atoms with Gasteiger partial charge in [0.15, 0.2) is 5.58 Å². The predicted octanol–water partition coefficient (Wildman–Crippen LogP) is 2.33. The van der Waals surface area contributed by atoms with E-state index in [4.69, 9.17) is 10.2 Å². The second-order valence-corrected chi connectivity index (χ2v) is 6.05. The molecule has 0 atom stereocenters. The highest BCUT2D eigenvalue weighted by Gasteiger charge is 2.40. The van der Waals surface area contributed by atoms with E-state index in [0.29, 0.717) is 11.7 Å². The summed E-state index contributed by atoms with van der Waals surface area (Å²) in [6, 6.07) is 6.24. The van der Waals surface area contributed by atoms with Crippen molar-refractivity contribution in [3.63, 3.8) is 0 Å². The van der Waals surface area contributed by atoms with Gasteiger partial charge in [-0.15, -0.1) is 0 Å². The monoisotopic (exact) mass is 274 g/mol. The molecule has 0 amide bonds. The zero-order valence-electron chi connectivity index (χ0n) is 12.4. The molecule has 1 heterocycles. The SMILES string of the molecule is CN(CC1(N(C)C)CCC1)c1nc2ccc(N)cc2o1. The summed E-state index contributed by atoms with van der Waals surface area (Å²) in [4.78, 5) is 8.97. The van der Waals surface area contributed by atoms with Crippen molar-refractivity contribution in [1.29, 1.82) is 0 Å². The Bertz CT molecular complexity index is 615. The van der Waals surface area contributed by atoms with Gasteiger partial charge >= 0.3 is 0 Å². The maximum Gasteiger partial charge on any atom is 0.298 e. The quantitative estimate of drug-likeness (QED) is 0.867. The van der Waals surface area contributed by atoms with Crippen LogP contribution in [0.3, 0.4) is 0 Å². The Morgan fingerprint density at radius 1 is 1.30 bits per heavy atom. The number of anilines is 2. The summed E-state index contributed by atoms with van der Waals surface area (Å²) in [6.45, 7) is 0.933. The molecule has 1 aromatic heterocycles. The Labute approximate surface area is 119 Å². The maximum atomic E-state index is 5.82. The summed E-state index contributed by atoms with van der Waals surface area (Å²) in [6.07, 6.45) is 3.77. The lowest BCUT2D eigenvalue weighted by atomic mass is 9.75. The lowest BCUT2D eigenvalue weighted by Gasteiger charge is -2.48. The minimum Gasteiger partial charge on any atom is -0.423 e. The van der Waals surface area contributed by atoms with Crippen LogP contribution in [0.25, 0.3) is 11.1 Å². The van der Waals surface area contributed by atoms with Crippen molar-refractivity contribution >= 4 is 22.8 Å². The third kappa shape index (κ3) is 2.12. The van der Waals surface area contributed by atoms with Gasteiger partial charge in [-0.3, -0.25) is 0 Å². The van der Waals surface area contributed by atoms with Crippen molar-refractivity contribution in [1.82, 2.24) is 9.88 Å². The molecule has 1 saturated carbocycles. The number of fused-ring (bicyclic) bond motifs is 1. The number of hydrogen-bond acceptors (Lipinski definition) is 5. The van der Waals surface area contributed by atoms with Gasteiger partial charge in [0.25, 0.3) is 6.01 Å². The molecular weight excluding hydrogens is 252 g/mol. The van der Waals surface area contributed by atoms with Crippen molar-refractivity contribution in [2.75, 3.05) is 38.3 Å². The molecule has 0 aliphatic heterocycles. The molecule has 0 spiro atoms. The highest BCUT2D eigenvalue weighted by Crippen LogP contribution is 2.37. The van der Waals surface area contributed by atoms with E-state index in [1.165, 1.54) is 19.3 Å². The van der Waals surface area contributed by atoms with E-state index >= 15 is 0 Å². The third-order valence-corrected chi connectivity index (χ3v) is 4.49. The van der Waals surface area contributed by atoms with Gasteiger partial charge < -0.3 is 20.0 Å². The standard InChI is InChI=1S/C15H22N4O/c1-18(2)15(7-4-8-15)10-19(3)14-17-12-6-5-11(16)9-13(12)20-14/h5-6,9H,4,7-8,10,16H2,1-3H3. The van der Waals surface area contributed by atoms with Gasteiger partial charge in [-0.1, -0.05) is 0 Å². The van der Waals surface area contributed by atoms with Crippen LogP contribution in [0, 0.1) is 0 Å². The van der Waals surface area contributed by atoms with Crippen LogP contribution < -0.4 is 10.6 Å². The number of benzene rings is 1. The summed E-state index contributed by atoms with van der Waals surface area (Å²) in [5.74, 6) is 0. The predicted molar refractivity (Wildman–Crippen MR) is 82.0 cm³/mol. The Morgan fingerprint density at radius 2 is 2.05 bits per heavy atom. The lowest BCUT2D eigenvalue weighted by Crippen LogP contribution is -2.56. The first-order valence-electron chi connectivity index (χ1n) is 7.05. The van der Waals surface area contributed by atoms with Gasteiger partial charge in [-0.2, -0.15) is 4.98 Å². The molecule has 2 aromatic rings. The molecule has 3 rings (SSSR count).